The third-order valence-electron chi connectivity index (χ3n) is 13.1. The van der Waals surface area contributed by atoms with Gasteiger partial charge in [-0.2, -0.15) is 8.42 Å². The number of Topliss-reactive ketones (excluding diaryl/α,β-unsaturated/α-hetero) is 1. The Morgan fingerprint density at radius 3 is 2.32 bits per heavy atom. The molecule has 372 valence electrons. The van der Waals surface area contributed by atoms with Gasteiger partial charge in [-0.05, 0) is 115 Å². The number of ether oxygens (including phenoxy) is 4. The summed E-state index contributed by atoms with van der Waals surface area (Å²) in [6.45, 7) is 2.86. The van der Waals surface area contributed by atoms with Gasteiger partial charge in [-0.1, -0.05) is 54.6 Å². The number of pyridine rings is 2. The number of nitrogens with zero attached hydrogens (tertiary/aromatic N) is 3. The molecule has 16 heteroatoms. The summed E-state index contributed by atoms with van der Waals surface area (Å²) in [6.07, 6.45) is 10.6. The molecule has 1 amide bonds. The van der Waals surface area contributed by atoms with E-state index < -0.39 is 46.0 Å². The molecule has 71 heavy (non-hydrogen) atoms. The van der Waals surface area contributed by atoms with Gasteiger partial charge in [0.2, 0.25) is 5.91 Å². The number of nitrogens with one attached hydrogen (secondary N) is 1. The average molecular weight is 985 g/mol. The number of aromatic nitrogens is 3. The molecule has 0 saturated heterocycles. The number of carbonyl (C=O) groups is 4. The van der Waals surface area contributed by atoms with Crippen LogP contribution in [0.2, 0.25) is 0 Å². The van der Waals surface area contributed by atoms with E-state index in [2.05, 4.69) is 22.4 Å². The molecule has 3 aromatic carbocycles. The van der Waals surface area contributed by atoms with Crippen LogP contribution in [0.5, 0.6) is 11.5 Å². The number of esters is 2. The Morgan fingerprint density at radius 1 is 0.803 bits per heavy atom. The average Bonchev–Trinajstić information content (AvgIpc) is 3.93. The second-order valence-electron chi connectivity index (χ2n) is 18.1. The number of fused-ring (bicyclic) bond motifs is 5. The first-order valence-electron chi connectivity index (χ1n) is 24.4. The highest BCUT2D eigenvalue weighted by atomic mass is 32.2. The van der Waals surface area contributed by atoms with Crippen molar-refractivity contribution < 1.29 is 51.1 Å². The van der Waals surface area contributed by atoms with Crippen molar-refractivity contribution in [1.82, 2.24) is 19.9 Å². The third kappa shape index (κ3) is 13.5. The van der Waals surface area contributed by atoms with Crippen molar-refractivity contribution in [2.45, 2.75) is 89.5 Å². The van der Waals surface area contributed by atoms with Crippen LogP contribution in [-0.2, 0) is 58.0 Å². The normalized spacial score (nSPS) is 13.9. The minimum absolute atomic E-state index is 0.0113. The van der Waals surface area contributed by atoms with Crippen LogP contribution >= 0.6 is 0 Å². The van der Waals surface area contributed by atoms with Crippen LogP contribution in [0.3, 0.4) is 0 Å². The summed E-state index contributed by atoms with van der Waals surface area (Å²) in [5.74, 6) is -3.14. The number of amides is 1. The number of hydrogen-bond donors (Lipinski definition) is 2. The van der Waals surface area contributed by atoms with Crippen LogP contribution in [0.1, 0.15) is 104 Å². The summed E-state index contributed by atoms with van der Waals surface area (Å²) < 4.78 is 58.5. The van der Waals surface area contributed by atoms with Crippen molar-refractivity contribution in [2.24, 2.45) is 5.92 Å². The Hall–Kier alpha value is -6.91. The van der Waals surface area contributed by atoms with Gasteiger partial charge in [-0.25, -0.2) is 0 Å². The largest absolute Gasteiger partial charge is 0.493 e. The zero-order chi connectivity index (χ0) is 49.7. The molecule has 0 radical (unpaired) electrons. The lowest BCUT2D eigenvalue weighted by molar-refractivity contribution is -0.146. The summed E-state index contributed by atoms with van der Waals surface area (Å²) in [5, 5.41) is 3.71. The second-order valence-corrected chi connectivity index (χ2v) is 19.6. The smallest absolute Gasteiger partial charge is 0.308 e. The molecule has 2 N–H and O–H groups in total. The van der Waals surface area contributed by atoms with Crippen molar-refractivity contribution in [3.05, 3.63) is 143 Å². The third-order valence-corrected chi connectivity index (χ3v) is 13.9. The van der Waals surface area contributed by atoms with E-state index in [0.717, 1.165) is 63.0 Å². The molecule has 0 fully saturated rings. The summed E-state index contributed by atoms with van der Waals surface area (Å²) in [6, 6.07) is 29.2. The quantitative estimate of drug-likeness (QED) is 0.0315. The Morgan fingerprint density at radius 2 is 1.55 bits per heavy atom. The molecule has 3 aromatic heterocycles. The highest BCUT2D eigenvalue weighted by Gasteiger charge is 2.31. The standard InChI is InChI=1S/C55H60N4O11S/c1-2-67-55(63)32-51(59-26-23-38-29-42(21-22-50(38)59)69-28-24-41-20-19-37-11-3-8-16-49(37)58-41)39-30-43(34-56-33-39)68-27-10-18-53(61)57-25-9-17-52(60)40(36-71(64,65)66)31-54(62)70-35-48-46-14-6-4-12-44(46)45-13-5-7-15-47(45)48/h4-7,12-15,19-23,26,29-30,33-34,40,48,51H,2-3,8-11,16-18,24-25,27-28,31-32,35-36H2,1H3,(H,57,61)(H,64,65,66). The van der Waals surface area contributed by atoms with E-state index in [4.69, 9.17) is 23.9 Å². The highest BCUT2D eigenvalue weighted by molar-refractivity contribution is 7.85. The van der Waals surface area contributed by atoms with Gasteiger partial charge in [-0.15, -0.1) is 0 Å². The maximum atomic E-state index is 13.2. The van der Waals surface area contributed by atoms with E-state index in [-0.39, 0.29) is 69.8 Å². The Balaban J connectivity index is 0.784. The number of aryl methyl sites for hydroxylation is 2. The predicted octanol–water partition coefficient (Wildman–Crippen LogP) is 8.35. The van der Waals surface area contributed by atoms with Gasteiger partial charge >= 0.3 is 11.9 Å². The fourth-order valence-corrected chi connectivity index (χ4v) is 10.4. The molecule has 15 nitrogen and oxygen atoms in total. The molecule has 0 aliphatic heterocycles. The molecule has 0 saturated carbocycles. The first kappa shape index (κ1) is 50.5. The van der Waals surface area contributed by atoms with Gasteiger partial charge in [0.05, 0.1) is 50.7 Å². The fourth-order valence-electron chi connectivity index (χ4n) is 9.60. The summed E-state index contributed by atoms with van der Waals surface area (Å²) in [7, 11) is -4.59. The van der Waals surface area contributed by atoms with Gasteiger partial charge in [0.15, 0.2) is 0 Å². The SMILES string of the molecule is CCOC(=O)CC(c1cncc(OCCCC(=O)NCCCC(=O)C(CC(=O)OCC2c3ccccc3-c3ccccc32)CS(=O)(=O)O)c1)n1ccc2cc(OCCc3ccc4c(n3)CCCC4)ccc21. The molecule has 3 heterocycles. The van der Waals surface area contributed by atoms with Crippen LogP contribution in [-0.4, -0.2) is 89.9 Å². The van der Waals surface area contributed by atoms with Gasteiger partial charge in [-0.3, -0.25) is 33.7 Å². The van der Waals surface area contributed by atoms with Crippen molar-refractivity contribution in [1.29, 1.82) is 0 Å². The molecule has 2 atom stereocenters. The highest BCUT2D eigenvalue weighted by Crippen LogP contribution is 2.44. The van der Waals surface area contributed by atoms with Crippen LogP contribution in [0.25, 0.3) is 22.0 Å². The molecular weight excluding hydrogens is 925 g/mol. The molecular formula is C55H60N4O11S. The van der Waals surface area contributed by atoms with Gasteiger partial charge in [0.1, 0.15) is 23.9 Å². The van der Waals surface area contributed by atoms with Gasteiger partial charge < -0.3 is 28.8 Å². The summed E-state index contributed by atoms with van der Waals surface area (Å²) >= 11 is 0. The molecule has 0 spiro atoms. The number of ketones is 1. The van der Waals surface area contributed by atoms with E-state index in [0.29, 0.717) is 25.2 Å². The maximum Gasteiger partial charge on any atom is 0.308 e. The zero-order valence-corrected chi connectivity index (χ0v) is 40.7. The predicted molar refractivity (Wildman–Crippen MR) is 267 cm³/mol. The molecule has 6 aromatic rings. The van der Waals surface area contributed by atoms with Gasteiger partial charge in [0.25, 0.3) is 10.1 Å². The molecule has 0 bridgehead atoms. The first-order valence-corrected chi connectivity index (χ1v) is 26.1. The lowest BCUT2D eigenvalue weighted by atomic mass is 9.96. The number of carbonyl (C=O) groups excluding carboxylic acids is 4. The first-order chi connectivity index (χ1) is 34.4. The van der Waals surface area contributed by atoms with E-state index in [1.807, 2.05) is 89.6 Å². The monoisotopic (exact) mass is 984 g/mol. The van der Waals surface area contributed by atoms with Gasteiger partial charge in [0, 0.05) is 72.3 Å². The van der Waals surface area contributed by atoms with E-state index >= 15 is 0 Å². The van der Waals surface area contributed by atoms with E-state index in [1.54, 1.807) is 19.3 Å². The fraction of sp³-hybridized carbons (Fsp3) is 0.382. The van der Waals surface area contributed by atoms with E-state index in [9.17, 15) is 32.1 Å². The topological polar surface area (TPSA) is 202 Å². The van der Waals surface area contributed by atoms with Crippen LogP contribution in [0.4, 0.5) is 0 Å². The summed E-state index contributed by atoms with van der Waals surface area (Å²) in [4.78, 5) is 61.1. The Labute approximate surface area is 414 Å². The minimum Gasteiger partial charge on any atom is -0.493 e. The summed E-state index contributed by atoms with van der Waals surface area (Å²) in [5.41, 5.74) is 9.36. The van der Waals surface area contributed by atoms with Crippen LogP contribution in [0, 0.1) is 5.92 Å². The number of rotatable bonds is 25. The molecule has 2 aliphatic carbocycles. The van der Waals surface area contributed by atoms with Crippen LogP contribution < -0.4 is 14.8 Å². The molecule has 8 rings (SSSR count). The number of benzene rings is 3. The maximum absolute atomic E-state index is 13.2. The van der Waals surface area contributed by atoms with Crippen LogP contribution in [0.15, 0.2) is 110 Å². The zero-order valence-electron chi connectivity index (χ0n) is 39.9. The minimum atomic E-state index is -4.59. The van der Waals surface area contributed by atoms with Crippen molar-refractivity contribution in [3.63, 3.8) is 0 Å². The number of hydrogen-bond acceptors (Lipinski definition) is 12. The lowest BCUT2D eigenvalue weighted by Crippen LogP contribution is -2.29. The molecule has 2 aliphatic rings. The Kier molecular flexibility index (Phi) is 16.9. The van der Waals surface area contributed by atoms with Crippen molar-refractivity contribution in [3.8, 4) is 22.6 Å². The Bertz CT molecular complexity index is 2930. The van der Waals surface area contributed by atoms with Crippen molar-refractivity contribution in [2.75, 3.05) is 38.7 Å². The lowest BCUT2D eigenvalue weighted by Gasteiger charge is -2.21. The molecule has 2 unspecified atom stereocenters. The second kappa shape index (κ2) is 23.8. The van der Waals surface area contributed by atoms with Crippen molar-refractivity contribution >= 4 is 44.7 Å². The van der Waals surface area contributed by atoms with E-state index in [1.165, 1.54) is 24.1 Å².